The summed E-state index contributed by atoms with van der Waals surface area (Å²) in [6.07, 6.45) is 0.240. The van der Waals surface area contributed by atoms with Crippen LogP contribution in [-0.2, 0) is 0 Å². The first-order valence-corrected chi connectivity index (χ1v) is 8.69. The number of H-pyrrole nitrogens is 1. The number of carbonyl (C=O) groups excluding carboxylic acids is 1. The van der Waals surface area contributed by atoms with E-state index >= 15 is 0 Å². The van der Waals surface area contributed by atoms with Gasteiger partial charge in [-0.3, -0.25) is 9.59 Å². The van der Waals surface area contributed by atoms with Crippen LogP contribution in [0.5, 0.6) is 11.5 Å². The molecule has 0 saturated heterocycles. The van der Waals surface area contributed by atoms with Gasteiger partial charge in [-0.05, 0) is 23.6 Å². The molecular weight excluding hydrogens is 344 g/mol. The highest BCUT2D eigenvalue weighted by molar-refractivity contribution is 5.95. The van der Waals surface area contributed by atoms with Gasteiger partial charge < -0.3 is 14.5 Å². The molecule has 0 radical (unpaired) electrons. The highest BCUT2D eigenvalue weighted by Crippen LogP contribution is 2.35. The fraction of sp³-hybridized carbons (Fsp3) is 0.190. The number of nitrogens with zero attached hydrogens (tertiary/aromatic N) is 1. The standard InChI is InChI=1S/C21H18N2O4/c1-13(15-7-8-18-19(10-15)27-12-26-18)9-17(24)16-11-20(25)23-21(22-16)14-5-3-2-4-6-14/h2-8,10-11,13H,9,12H2,1H3,(H,22,23,25). The lowest BCUT2D eigenvalue weighted by Crippen LogP contribution is -2.15. The Morgan fingerprint density at radius 1 is 1.11 bits per heavy atom. The van der Waals surface area contributed by atoms with Gasteiger partial charge in [-0.2, -0.15) is 0 Å². The number of carbonyl (C=O) groups is 1. The molecule has 136 valence electrons. The SMILES string of the molecule is CC(CC(=O)c1cc(=O)[nH]c(-c2ccccc2)n1)c1ccc2c(c1)OCO2. The summed E-state index contributed by atoms with van der Waals surface area (Å²) in [6.45, 7) is 2.17. The monoisotopic (exact) mass is 362 g/mol. The Morgan fingerprint density at radius 2 is 1.89 bits per heavy atom. The van der Waals surface area contributed by atoms with Crippen LogP contribution in [0.15, 0.2) is 59.4 Å². The second-order valence-corrected chi connectivity index (χ2v) is 6.49. The number of benzene rings is 2. The molecule has 3 aromatic rings. The minimum atomic E-state index is -0.345. The van der Waals surface area contributed by atoms with E-state index in [0.717, 1.165) is 11.1 Å². The molecule has 0 amide bonds. The zero-order chi connectivity index (χ0) is 18.8. The number of ether oxygens (including phenoxy) is 2. The third-order valence-corrected chi connectivity index (χ3v) is 4.53. The zero-order valence-electron chi connectivity index (χ0n) is 14.8. The van der Waals surface area contributed by atoms with Crippen LogP contribution in [0.2, 0.25) is 0 Å². The molecule has 6 heteroatoms. The molecule has 0 aliphatic carbocycles. The van der Waals surface area contributed by atoms with E-state index in [9.17, 15) is 9.59 Å². The third kappa shape index (κ3) is 3.60. The van der Waals surface area contributed by atoms with Crippen LogP contribution < -0.4 is 15.0 Å². The van der Waals surface area contributed by atoms with E-state index < -0.39 is 0 Å². The molecule has 2 aromatic carbocycles. The molecule has 1 N–H and O–H groups in total. The van der Waals surface area contributed by atoms with Gasteiger partial charge in [-0.15, -0.1) is 0 Å². The molecule has 1 aromatic heterocycles. The Kier molecular flexibility index (Phi) is 4.46. The van der Waals surface area contributed by atoms with Crippen LogP contribution in [0.4, 0.5) is 0 Å². The average Bonchev–Trinajstić information content (AvgIpc) is 3.16. The predicted octanol–water partition coefficient (Wildman–Crippen LogP) is 3.54. The third-order valence-electron chi connectivity index (χ3n) is 4.53. The van der Waals surface area contributed by atoms with Crippen molar-refractivity contribution in [3.05, 3.63) is 76.2 Å². The first-order valence-electron chi connectivity index (χ1n) is 8.69. The largest absolute Gasteiger partial charge is 0.454 e. The molecular formula is C21H18N2O4. The van der Waals surface area contributed by atoms with Crippen LogP contribution in [-0.4, -0.2) is 22.5 Å². The first kappa shape index (κ1) is 17.0. The van der Waals surface area contributed by atoms with Gasteiger partial charge in [0, 0.05) is 18.1 Å². The Hall–Kier alpha value is -3.41. The predicted molar refractivity (Wildman–Crippen MR) is 100 cm³/mol. The molecule has 4 rings (SSSR count). The summed E-state index contributed by atoms with van der Waals surface area (Å²) in [4.78, 5) is 31.8. The normalized spacial score (nSPS) is 13.4. The number of hydrogen-bond donors (Lipinski definition) is 1. The van der Waals surface area contributed by atoms with Crippen molar-refractivity contribution < 1.29 is 14.3 Å². The van der Waals surface area contributed by atoms with Crippen molar-refractivity contribution in [3.63, 3.8) is 0 Å². The van der Waals surface area contributed by atoms with Crippen LogP contribution in [0.3, 0.4) is 0 Å². The second kappa shape index (κ2) is 7.07. The molecule has 2 heterocycles. The number of nitrogens with one attached hydrogen (secondary N) is 1. The molecule has 1 atom stereocenters. The van der Waals surface area contributed by atoms with E-state index in [0.29, 0.717) is 17.3 Å². The van der Waals surface area contributed by atoms with Gasteiger partial charge >= 0.3 is 0 Å². The molecule has 27 heavy (non-hydrogen) atoms. The van der Waals surface area contributed by atoms with Gasteiger partial charge in [0.25, 0.3) is 5.56 Å². The number of aromatic nitrogens is 2. The lowest BCUT2D eigenvalue weighted by Gasteiger charge is -2.12. The maximum Gasteiger partial charge on any atom is 0.251 e. The summed E-state index contributed by atoms with van der Waals surface area (Å²) in [5.74, 6) is 1.56. The van der Waals surface area contributed by atoms with Gasteiger partial charge in [0.1, 0.15) is 11.5 Å². The summed E-state index contributed by atoms with van der Waals surface area (Å²) in [7, 11) is 0. The van der Waals surface area contributed by atoms with E-state index in [2.05, 4.69) is 9.97 Å². The van der Waals surface area contributed by atoms with E-state index in [-0.39, 0.29) is 36.2 Å². The van der Waals surface area contributed by atoms with Crippen molar-refractivity contribution >= 4 is 5.78 Å². The molecule has 0 fully saturated rings. The maximum atomic E-state index is 12.7. The first-order chi connectivity index (χ1) is 13.1. The smallest absolute Gasteiger partial charge is 0.251 e. The van der Waals surface area contributed by atoms with Crippen LogP contribution in [0, 0.1) is 0 Å². The molecule has 1 aliphatic heterocycles. The van der Waals surface area contributed by atoms with E-state index in [1.165, 1.54) is 6.07 Å². The number of ketones is 1. The van der Waals surface area contributed by atoms with Crippen molar-refractivity contribution in [2.75, 3.05) is 6.79 Å². The van der Waals surface area contributed by atoms with Crippen molar-refractivity contribution in [2.24, 2.45) is 0 Å². The van der Waals surface area contributed by atoms with Crippen LogP contribution in [0.1, 0.15) is 35.3 Å². The Labute approximate surface area is 155 Å². The highest BCUT2D eigenvalue weighted by Gasteiger charge is 2.19. The second-order valence-electron chi connectivity index (χ2n) is 6.49. The fourth-order valence-electron chi connectivity index (χ4n) is 3.05. The Balaban J connectivity index is 1.56. The van der Waals surface area contributed by atoms with E-state index in [1.54, 1.807) is 0 Å². The van der Waals surface area contributed by atoms with Crippen molar-refractivity contribution in [1.82, 2.24) is 9.97 Å². The quantitative estimate of drug-likeness (QED) is 0.702. The topological polar surface area (TPSA) is 81.3 Å². The number of Topliss-reactive ketones (excluding diaryl/α,β-unsaturated/α-hetero) is 1. The minimum Gasteiger partial charge on any atom is -0.454 e. The summed E-state index contributed by atoms with van der Waals surface area (Å²) >= 11 is 0. The molecule has 0 spiro atoms. The van der Waals surface area contributed by atoms with Gasteiger partial charge in [0.2, 0.25) is 6.79 Å². The molecule has 0 bridgehead atoms. The van der Waals surface area contributed by atoms with E-state index in [1.807, 2.05) is 55.5 Å². The summed E-state index contributed by atoms with van der Waals surface area (Å²) < 4.78 is 10.7. The van der Waals surface area contributed by atoms with E-state index in [4.69, 9.17) is 9.47 Å². The highest BCUT2D eigenvalue weighted by atomic mass is 16.7. The molecule has 1 unspecified atom stereocenters. The maximum absolute atomic E-state index is 12.7. The van der Waals surface area contributed by atoms with Gasteiger partial charge in [0.15, 0.2) is 17.3 Å². The summed E-state index contributed by atoms with van der Waals surface area (Å²) in [5.41, 5.74) is 1.56. The minimum absolute atomic E-state index is 0.0479. The van der Waals surface area contributed by atoms with Crippen LogP contribution in [0.25, 0.3) is 11.4 Å². The number of fused-ring (bicyclic) bond motifs is 1. The van der Waals surface area contributed by atoms with Gasteiger partial charge in [0.05, 0.1) is 0 Å². The average molecular weight is 362 g/mol. The van der Waals surface area contributed by atoms with Crippen molar-refractivity contribution in [3.8, 4) is 22.9 Å². The van der Waals surface area contributed by atoms with Crippen molar-refractivity contribution in [2.45, 2.75) is 19.3 Å². The number of hydrogen-bond acceptors (Lipinski definition) is 5. The molecule has 6 nitrogen and oxygen atoms in total. The Morgan fingerprint density at radius 3 is 2.70 bits per heavy atom. The summed E-state index contributed by atoms with van der Waals surface area (Å²) in [5, 5.41) is 0. The van der Waals surface area contributed by atoms with Crippen molar-refractivity contribution in [1.29, 1.82) is 0 Å². The number of aromatic amines is 1. The fourth-order valence-corrected chi connectivity index (χ4v) is 3.05. The lowest BCUT2D eigenvalue weighted by molar-refractivity contribution is 0.0970. The molecule has 0 saturated carbocycles. The van der Waals surface area contributed by atoms with Gasteiger partial charge in [-0.1, -0.05) is 43.3 Å². The Bertz CT molecular complexity index is 1040. The zero-order valence-corrected chi connectivity index (χ0v) is 14.8. The lowest BCUT2D eigenvalue weighted by atomic mass is 9.94. The summed E-state index contributed by atoms with van der Waals surface area (Å²) in [6, 6.07) is 16.2. The molecule has 1 aliphatic rings. The van der Waals surface area contributed by atoms with Crippen LogP contribution >= 0.6 is 0 Å². The number of rotatable bonds is 5. The van der Waals surface area contributed by atoms with Gasteiger partial charge in [-0.25, -0.2) is 4.98 Å².